The van der Waals surface area contributed by atoms with E-state index in [2.05, 4.69) is 26.0 Å². The van der Waals surface area contributed by atoms with E-state index in [0.29, 0.717) is 18.8 Å². The van der Waals surface area contributed by atoms with Crippen molar-refractivity contribution < 1.29 is 28.7 Å². The average Bonchev–Trinajstić information content (AvgIpc) is 2.79. The number of benzene rings is 1. The van der Waals surface area contributed by atoms with Gasteiger partial charge in [0.05, 0.1) is 20.2 Å². The van der Waals surface area contributed by atoms with E-state index in [1.807, 2.05) is 44.2 Å². The molecule has 0 saturated carbocycles. The monoisotopic (exact) mass is 462 g/mol. The molecule has 4 N–H and O–H groups in total. The second-order valence-corrected chi connectivity index (χ2v) is 8.05. The van der Waals surface area contributed by atoms with E-state index in [0.717, 1.165) is 5.56 Å². The van der Waals surface area contributed by atoms with Crippen LogP contribution in [0.3, 0.4) is 0 Å². The predicted octanol–water partition coefficient (Wildman–Crippen LogP) is 0.0602. The molecule has 10 heteroatoms. The standard InChI is InChI=1S/C23H34N4O6/c1-15(2)10-11-19(28)24-13-21(30)27-18(12-17-8-6-5-7-9-17)22(31)25-14-20(29)26-16(3)23(32)33-4/h5-9,15-16,18H,10-14H2,1-4H3,(H,24,28)(H,25,31)(H,26,29)(H,27,30). The van der Waals surface area contributed by atoms with Gasteiger partial charge in [-0.05, 0) is 24.8 Å². The van der Waals surface area contributed by atoms with Crippen LogP contribution in [-0.4, -0.2) is 61.9 Å². The fraction of sp³-hybridized carbons (Fsp3) is 0.522. The summed E-state index contributed by atoms with van der Waals surface area (Å²) in [6, 6.07) is 7.24. The zero-order valence-corrected chi connectivity index (χ0v) is 19.6. The Morgan fingerprint density at radius 2 is 1.45 bits per heavy atom. The topological polar surface area (TPSA) is 143 Å². The highest BCUT2D eigenvalue weighted by molar-refractivity contribution is 5.93. The fourth-order valence-electron chi connectivity index (χ4n) is 2.81. The van der Waals surface area contributed by atoms with Crippen molar-refractivity contribution in [2.75, 3.05) is 20.2 Å². The van der Waals surface area contributed by atoms with E-state index in [4.69, 9.17) is 0 Å². The molecule has 1 aromatic carbocycles. The van der Waals surface area contributed by atoms with Crippen molar-refractivity contribution in [3.8, 4) is 0 Å². The molecule has 0 aromatic heterocycles. The van der Waals surface area contributed by atoms with Crippen LogP contribution in [0.4, 0.5) is 0 Å². The van der Waals surface area contributed by atoms with Crippen molar-refractivity contribution in [1.82, 2.24) is 21.3 Å². The van der Waals surface area contributed by atoms with Gasteiger partial charge < -0.3 is 26.0 Å². The molecule has 0 heterocycles. The van der Waals surface area contributed by atoms with Gasteiger partial charge in [-0.1, -0.05) is 44.2 Å². The lowest BCUT2D eigenvalue weighted by Crippen LogP contribution is -2.52. The Morgan fingerprint density at radius 3 is 2.06 bits per heavy atom. The Labute approximate surface area is 194 Å². The molecule has 33 heavy (non-hydrogen) atoms. The summed E-state index contributed by atoms with van der Waals surface area (Å²) < 4.78 is 4.53. The van der Waals surface area contributed by atoms with E-state index in [-0.39, 0.29) is 25.4 Å². The lowest BCUT2D eigenvalue weighted by molar-refractivity contribution is -0.144. The first kappa shape index (κ1) is 27.6. The molecule has 0 aliphatic rings. The van der Waals surface area contributed by atoms with Crippen molar-refractivity contribution in [3.63, 3.8) is 0 Å². The minimum atomic E-state index is -0.960. The zero-order chi connectivity index (χ0) is 24.8. The summed E-state index contributed by atoms with van der Waals surface area (Å²) in [4.78, 5) is 60.3. The number of carbonyl (C=O) groups excluding carboxylic acids is 5. The maximum Gasteiger partial charge on any atom is 0.328 e. The summed E-state index contributed by atoms with van der Waals surface area (Å²) in [5, 5.41) is 10.0. The van der Waals surface area contributed by atoms with E-state index in [1.54, 1.807) is 0 Å². The molecule has 10 nitrogen and oxygen atoms in total. The molecule has 0 aliphatic carbocycles. The van der Waals surface area contributed by atoms with Gasteiger partial charge in [0.1, 0.15) is 12.1 Å². The molecule has 0 spiro atoms. The molecule has 2 atom stereocenters. The molecule has 0 saturated heterocycles. The first-order valence-electron chi connectivity index (χ1n) is 10.9. The van der Waals surface area contributed by atoms with E-state index in [1.165, 1.54) is 14.0 Å². The minimum Gasteiger partial charge on any atom is -0.467 e. The van der Waals surface area contributed by atoms with Gasteiger partial charge in [-0.3, -0.25) is 19.2 Å². The minimum absolute atomic E-state index is 0.194. The summed E-state index contributed by atoms with van der Waals surface area (Å²) in [5.41, 5.74) is 0.808. The van der Waals surface area contributed by atoms with Crippen LogP contribution in [0.5, 0.6) is 0 Å². The van der Waals surface area contributed by atoms with Crippen LogP contribution in [0.1, 0.15) is 39.2 Å². The molecule has 1 rings (SSSR count). The molecule has 0 aliphatic heterocycles. The Morgan fingerprint density at radius 1 is 0.848 bits per heavy atom. The van der Waals surface area contributed by atoms with Crippen LogP contribution in [0, 0.1) is 5.92 Å². The lowest BCUT2D eigenvalue weighted by atomic mass is 10.1. The largest absolute Gasteiger partial charge is 0.467 e. The number of methoxy groups -OCH3 is 1. The molecule has 2 unspecified atom stereocenters. The number of esters is 1. The van der Waals surface area contributed by atoms with Gasteiger partial charge >= 0.3 is 5.97 Å². The average molecular weight is 463 g/mol. The molecular weight excluding hydrogens is 428 g/mol. The van der Waals surface area contributed by atoms with Gasteiger partial charge in [0.15, 0.2) is 0 Å². The Balaban J connectivity index is 2.66. The highest BCUT2D eigenvalue weighted by Gasteiger charge is 2.23. The third-order valence-corrected chi connectivity index (χ3v) is 4.68. The number of amides is 4. The summed E-state index contributed by atoms with van der Waals surface area (Å²) in [5.74, 6) is -2.15. The number of ether oxygens (including phenoxy) is 1. The van der Waals surface area contributed by atoms with Gasteiger partial charge in [-0.15, -0.1) is 0 Å². The summed E-state index contributed by atoms with van der Waals surface area (Å²) in [6.45, 7) is 4.83. The Kier molecular flexibility index (Phi) is 12.2. The van der Waals surface area contributed by atoms with E-state index >= 15 is 0 Å². The van der Waals surface area contributed by atoms with Crippen LogP contribution in [0.15, 0.2) is 30.3 Å². The van der Waals surface area contributed by atoms with Gasteiger partial charge in [0.2, 0.25) is 23.6 Å². The van der Waals surface area contributed by atoms with Crippen LogP contribution < -0.4 is 21.3 Å². The predicted molar refractivity (Wildman–Crippen MR) is 122 cm³/mol. The highest BCUT2D eigenvalue weighted by Crippen LogP contribution is 2.04. The smallest absolute Gasteiger partial charge is 0.328 e. The maximum atomic E-state index is 12.7. The van der Waals surface area contributed by atoms with Crippen LogP contribution >= 0.6 is 0 Å². The van der Waals surface area contributed by atoms with E-state index < -0.39 is 35.8 Å². The highest BCUT2D eigenvalue weighted by atomic mass is 16.5. The van der Waals surface area contributed by atoms with E-state index in [9.17, 15) is 24.0 Å². The molecule has 4 amide bonds. The third-order valence-electron chi connectivity index (χ3n) is 4.68. The van der Waals surface area contributed by atoms with Crippen molar-refractivity contribution in [3.05, 3.63) is 35.9 Å². The van der Waals surface area contributed by atoms with Crippen LogP contribution in [0.2, 0.25) is 0 Å². The maximum absolute atomic E-state index is 12.7. The SMILES string of the molecule is COC(=O)C(C)NC(=O)CNC(=O)C(Cc1ccccc1)NC(=O)CNC(=O)CCC(C)C. The fourth-order valence-corrected chi connectivity index (χ4v) is 2.81. The normalized spacial score (nSPS) is 12.3. The number of hydrogen-bond donors (Lipinski definition) is 4. The molecule has 0 radical (unpaired) electrons. The molecule has 0 fully saturated rings. The second-order valence-electron chi connectivity index (χ2n) is 8.05. The van der Waals surface area contributed by atoms with Gasteiger partial charge in [-0.25, -0.2) is 4.79 Å². The molecule has 182 valence electrons. The van der Waals surface area contributed by atoms with Crippen molar-refractivity contribution in [1.29, 1.82) is 0 Å². The number of nitrogens with one attached hydrogen (secondary N) is 4. The molecule has 0 bridgehead atoms. The zero-order valence-electron chi connectivity index (χ0n) is 19.6. The van der Waals surface area contributed by atoms with Gasteiger partial charge in [0, 0.05) is 12.8 Å². The molecule has 1 aromatic rings. The quantitative estimate of drug-likeness (QED) is 0.305. The van der Waals surface area contributed by atoms with Crippen LogP contribution in [0.25, 0.3) is 0 Å². The summed E-state index contributed by atoms with van der Waals surface area (Å²) in [6.07, 6.45) is 1.22. The lowest BCUT2D eigenvalue weighted by Gasteiger charge is -2.19. The Hall–Kier alpha value is -3.43. The third kappa shape index (κ3) is 11.7. The van der Waals surface area contributed by atoms with Crippen molar-refractivity contribution in [2.24, 2.45) is 5.92 Å². The number of rotatable bonds is 13. The van der Waals surface area contributed by atoms with Gasteiger partial charge in [0.25, 0.3) is 0 Å². The number of carbonyl (C=O) groups is 5. The Bertz CT molecular complexity index is 812. The van der Waals surface area contributed by atoms with Crippen molar-refractivity contribution in [2.45, 2.75) is 52.1 Å². The summed E-state index contributed by atoms with van der Waals surface area (Å²) in [7, 11) is 1.20. The molecular formula is C23H34N4O6. The number of hydrogen-bond acceptors (Lipinski definition) is 6. The van der Waals surface area contributed by atoms with Gasteiger partial charge in [-0.2, -0.15) is 0 Å². The second kappa shape index (κ2) is 14.6. The first-order valence-corrected chi connectivity index (χ1v) is 10.9. The van der Waals surface area contributed by atoms with Crippen LogP contribution in [-0.2, 0) is 35.1 Å². The summed E-state index contributed by atoms with van der Waals surface area (Å²) >= 11 is 0. The first-order chi connectivity index (χ1) is 15.6. The van der Waals surface area contributed by atoms with Crippen molar-refractivity contribution >= 4 is 29.6 Å².